The normalized spacial score (nSPS) is 16.0. The van der Waals surface area contributed by atoms with Gasteiger partial charge in [-0.15, -0.1) is 0 Å². The van der Waals surface area contributed by atoms with Crippen LogP contribution in [0.2, 0.25) is 0 Å². The van der Waals surface area contributed by atoms with E-state index in [1.807, 2.05) is 0 Å². The van der Waals surface area contributed by atoms with E-state index in [2.05, 4.69) is 16.0 Å². The molecule has 1 saturated heterocycles. The summed E-state index contributed by atoms with van der Waals surface area (Å²) in [5.41, 5.74) is -0.332. The van der Waals surface area contributed by atoms with E-state index in [0.29, 0.717) is 23.4 Å². The molecule has 0 radical (unpaired) electrons. The highest BCUT2D eigenvalue weighted by atomic mass is 19.1. The molecular formula is C22H19F2N5O3. The van der Waals surface area contributed by atoms with Crippen molar-refractivity contribution in [1.29, 1.82) is 5.26 Å². The van der Waals surface area contributed by atoms with Crippen molar-refractivity contribution in [2.45, 2.75) is 6.10 Å². The zero-order chi connectivity index (χ0) is 22.8. The van der Waals surface area contributed by atoms with Gasteiger partial charge in [-0.05, 0) is 24.3 Å². The minimum Gasteiger partial charge on any atom is -0.496 e. The maximum Gasteiger partial charge on any atom is 0.291 e. The van der Waals surface area contributed by atoms with Gasteiger partial charge < -0.3 is 14.4 Å². The van der Waals surface area contributed by atoms with Crippen molar-refractivity contribution in [2.24, 2.45) is 7.05 Å². The molecule has 2 aromatic heterocycles. The quantitative estimate of drug-likeness (QED) is 0.617. The standard InChI is InChI=1S/C22H19F2N5O3/c1-28-21(30)19(24)20(14-5-6-26-11-16(14)23)27-22(28)29-7-8-32-18(12-29)15-9-13(10-25)3-4-17(15)31-2/h3-6,9,11,18H,7-8,12H2,1-2H3/t18-/m1/s1. The first-order chi connectivity index (χ1) is 15.4. The predicted molar refractivity (Wildman–Crippen MR) is 111 cm³/mol. The number of aromatic nitrogens is 3. The smallest absolute Gasteiger partial charge is 0.291 e. The second-order valence-electron chi connectivity index (χ2n) is 7.17. The average molecular weight is 439 g/mol. The Hall–Kier alpha value is -3.84. The third-order valence-electron chi connectivity index (χ3n) is 5.29. The first kappa shape index (κ1) is 21.4. The summed E-state index contributed by atoms with van der Waals surface area (Å²) in [7, 11) is 2.92. The molecule has 3 heterocycles. The molecule has 164 valence electrons. The molecule has 0 N–H and O–H groups in total. The van der Waals surface area contributed by atoms with Gasteiger partial charge >= 0.3 is 0 Å². The number of ether oxygens (including phenoxy) is 2. The molecule has 1 aliphatic rings. The van der Waals surface area contributed by atoms with E-state index in [1.54, 1.807) is 23.1 Å². The number of rotatable bonds is 4. The number of nitriles is 1. The molecular weight excluding hydrogens is 420 g/mol. The van der Waals surface area contributed by atoms with Crippen LogP contribution in [-0.4, -0.2) is 41.3 Å². The fraction of sp³-hybridized carbons (Fsp3) is 0.273. The summed E-state index contributed by atoms with van der Waals surface area (Å²) in [4.78, 5) is 22.3. The van der Waals surface area contributed by atoms with Gasteiger partial charge in [0, 0.05) is 30.9 Å². The van der Waals surface area contributed by atoms with Crippen LogP contribution >= 0.6 is 0 Å². The zero-order valence-electron chi connectivity index (χ0n) is 17.4. The minimum absolute atomic E-state index is 0.148. The number of hydrogen-bond acceptors (Lipinski definition) is 7. The Balaban J connectivity index is 1.76. The summed E-state index contributed by atoms with van der Waals surface area (Å²) in [6, 6.07) is 8.37. The SMILES string of the molecule is COc1ccc(C#N)cc1[C@H]1CN(c2nc(-c3ccncc3F)c(F)c(=O)n2C)CCO1. The van der Waals surface area contributed by atoms with Crippen molar-refractivity contribution in [1.82, 2.24) is 14.5 Å². The van der Waals surface area contributed by atoms with Gasteiger partial charge in [-0.2, -0.15) is 9.65 Å². The van der Waals surface area contributed by atoms with Crippen molar-refractivity contribution in [2.75, 3.05) is 31.7 Å². The van der Waals surface area contributed by atoms with Crippen LogP contribution in [0.25, 0.3) is 11.3 Å². The van der Waals surface area contributed by atoms with Crippen LogP contribution < -0.4 is 15.2 Å². The van der Waals surface area contributed by atoms with E-state index in [0.717, 1.165) is 10.8 Å². The van der Waals surface area contributed by atoms with Crippen LogP contribution in [0.5, 0.6) is 5.75 Å². The maximum absolute atomic E-state index is 14.7. The average Bonchev–Trinajstić information content (AvgIpc) is 2.83. The molecule has 0 spiro atoms. The van der Waals surface area contributed by atoms with Crippen molar-refractivity contribution in [3.63, 3.8) is 0 Å². The van der Waals surface area contributed by atoms with Gasteiger partial charge in [0.2, 0.25) is 11.8 Å². The highest BCUT2D eigenvalue weighted by Crippen LogP contribution is 2.33. The number of benzene rings is 1. The minimum atomic E-state index is -1.14. The molecule has 1 aromatic carbocycles. The molecule has 4 rings (SSSR count). The second-order valence-corrected chi connectivity index (χ2v) is 7.17. The highest BCUT2D eigenvalue weighted by molar-refractivity contribution is 5.61. The fourth-order valence-corrected chi connectivity index (χ4v) is 3.67. The highest BCUT2D eigenvalue weighted by Gasteiger charge is 2.29. The third kappa shape index (κ3) is 3.78. The molecule has 3 aromatic rings. The Bertz CT molecular complexity index is 1270. The topological polar surface area (TPSA) is 93.3 Å². The zero-order valence-corrected chi connectivity index (χ0v) is 17.4. The van der Waals surface area contributed by atoms with Crippen molar-refractivity contribution in [3.8, 4) is 23.1 Å². The number of methoxy groups -OCH3 is 1. The predicted octanol–water partition coefficient (Wildman–Crippen LogP) is 2.58. The molecule has 0 unspecified atom stereocenters. The van der Waals surface area contributed by atoms with Crippen LogP contribution in [0.15, 0.2) is 41.5 Å². The van der Waals surface area contributed by atoms with Gasteiger partial charge in [0.1, 0.15) is 17.5 Å². The summed E-state index contributed by atoms with van der Waals surface area (Å²) in [5, 5.41) is 9.25. The number of pyridine rings is 1. The van der Waals surface area contributed by atoms with Crippen molar-refractivity contribution in [3.05, 3.63) is 69.8 Å². The number of anilines is 1. The van der Waals surface area contributed by atoms with Crippen LogP contribution in [-0.2, 0) is 11.8 Å². The monoisotopic (exact) mass is 439 g/mol. The number of halogens is 2. The third-order valence-corrected chi connectivity index (χ3v) is 5.29. The van der Waals surface area contributed by atoms with Gasteiger partial charge in [0.15, 0.2) is 5.82 Å². The first-order valence-corrected chi connectivity index (χ1v) is 9.75. The molecule has 1 fully saturated rings. The lowest BCUT2D eigenvalue weighted by Gasteiger charge is -2.35. The van der Waals surface area contributed by atoms with Gasteiger partial charge in [-0.25, -0.2) is 9.37 Å². The molecule has 1 atom stereocenters. The molecule has 0 saturated carbocycles. The summed E-state index contributed by atoms with van der Waals surface area (Å²) in [5.74, 6) is -1.20. The van der Waals surface area contributed by atoms with Gasteiger partial charge in [0.25, 0.3) is 5.56 Å². The van der Waals surface area contributed by atoms with E-state index in [9.17, 15) is 18.8 Å². The molecule has 0 bridgehead atoms. The van der Waals surface area contributed by atoms with Crippen LogP contribution in [0.3, 0.4) is 0 Å². The largest absolute Gasteiger partial charge is 0.496 e. The summed E-state index contributed by atoms with van der Waals surface area (Å²) >= 11 is 0. The van der Waals surface area contributed by atoms with Gasteiger partial charge in [-0.3, -0.25) is 14.3 Å². The molecule has 0 aliphatic carbocycles. The van der Waals surface area contributed by atoms with Crippen LogP contribution in [0.1, 0.15) is 17.2 Å². The molecule has 0 amide bonds. The second kappa shape index (κ2) is 8.72. The number of hydrogen-bond donors (Lipinski definition) is 0. The Morgan fingerprint density at radius 2 is 2.12 bits per heavy atom. The van der Waals surface area contributed by atoms with Crippen LogP contribution in [0.4, 0.5) is 14.7 Å². The van der Waals surface area contributed by atoms with E-state index in [1.165, 1.54) is 26.4 Å². The molecule has 32 heavy (non-hydrogen) atoms. The lowest BCUT2D eigenvalue weighted by molar-refractivity contribution is 0.0374. The lowest BCUT2D eigenvalue weighted by Crippen LogP contribution is -2.42. The molecule has 10 heteroatoms. The maximum atomic E-state index is 14.7. The first-order valence-electron chi connectivity index (χ1n) is 9.75. The van der Waals surface area contributed by atoms with E-state index < -0.39 is 23.3 Å². The Kier molecular flexibility index (Phi) is 5.83. The summed E-state index contributed by atoms with van der Waals surface area (Å²) in [6.45, 7) is 0.924. The van der Waals surface area contributed by atoms with Crippen molar-refractivity contribution < 1.29 is 18.3 Å². The van der Waals surface area contributed by atoms with E-state index in [4.69, 9.17) is 9.47 Å². The van der Waals surface area contributed by atoms with E-state index in [-0.39, 0.29) is 30.4 Å². The van der Waals surface area contributed by atoms with Gasteiger partial charge in [-0.1, -0.05) is 0 Å². The number of nitrogens with zero attached hydrogens (tertiary/aromatic N) is 5. The number of morpholine rings is 1. The summed E-state index contributed by atoms with van der Waals surface area (Å²) in [6.07, 6.45) is 1.75. The van der Waals surface area contributed by atoms with Gasteiger partial charge in [0.05, 0.1) is 38.1 Å². The molecule has 1 aliphatic heterocycles. The van der Waals surface area contributed by atoms with Crippen molar-refractivity contribution >= 4 is 5.95 Å². The van der Waals surface area contributed by atoms with Crippen LogP contribution in [0, 0.1) is 23.0 Å². The lowest BCUT2D eigenvalue weighted by atomic mass is 10.0. The Morgan fingerprint density at radius 3 is 2.84 bits per heavy atom. The Labute approximate surface area is 182 Å². The van der Waals surface area contributed by atoms with E-state index >= 15 is 0 Å². The summed E-state index contributed by atoms with van der Waals surface area (Å²) < 4.78 is 41.4. The molecule has 8 nitrogen and oxygen atoms in total. The fourth-order valence-electron chi connectivity index (χ4n) is 3.67. The Morgan fingerprint density at radius 1 is 1.31 bits per heavy atom.